The molecule has 2 amide bonds. The standard InChI is InChI=1S/C22H27ClN2O3S/c1-15-10-11-18(28-2)17(13-15)25(20(26)14-23)21(19-9-6-12-29-19)22(27)24-16-7-4-3-5-8-16/h6,9-13,16,21H,3-5,7-8,14H2,1-2H3,(H,24,27)/t21-/m0/s1. The normalized spacial score (nSPS) is 15.6. The number of halogens is 1. The van der Waals surface area contributed by atoms with Crippen LogP contribution in [-0.4, -0.2) is 30.8 Å². The Hall–Kier alpha value is -2.05. The van der Waals surface area contributed by atoms with Gasteiger partial charge in [-0.25, -0.2) is 0 Å². The maximum Gasteiger partial charge on any atom is 0.248 e. The lowest BCUT2D eigenvalue weighted by atomic mass is 9.95. The second kappa shape index (κ2) is 10.1. The zero-order chi connectivity index (χ0) is 20.8. The molecular weight excluding hydrogens is 408 g/mol. The van der Waals surface area contributed by atoms with Gasteiger partial charge in [-0.2, -0.15) is 0 Å². The first-order valence-corrected chi connectivity index (χ1v) is 11.3. The van der Waals surface area contributed by atoms with Gasteiger partial charge in [0, 0.05) is 10.9 Å². The number of nitrogens with zero attached hydrogens (tertiary/aromatic N) is 1. The van der Waals surface area contributed by atoms with Gasteiger partial charge in [0.1, 0.15) is 17.7 Å². The van der Waals surface area contributed by atoms with Gasteiger partial charge in [-0.05, 0) is 48.9 Å². The summed E-state index contributed by atoms with van der Waals surface area (Å²) >= 11 is 7.42. The lowest BCUT2D eigenvalue weighted by Gasteiger charge is -2.33. The third-order valence-corrected chi connectivity index (χ3v) is 6.40. The number of hydrogen-bond acceptors (Lipinski definition) is 4. The van der Waals surface area contributed by atoms with Gasteiger partial charge >= 0.3 is 0 Å². The van der Waals surface area contributed by atoms with E-state index in [2.05, 4.69) is 5.32 Å². The maximum absolute atomic E-state index is 13.4. The Bertz CT molecular complexity index is 835. The Kier molecular flexibility index (Phi) is 7.56. The largest absolute Gasteiger partial charge is 0.495 e. The molecule has 1 aromatic carbocycles. The van der Waals surface area contributed by atoms with E-state index in [0.29, 0.717) is 11.4 Å². The molecule has 1 aromatic heterocycles. The molecular formula is C22H27ClN2O3S. The quantitative estimate of drug-likeness (QED) is 0.635. The number of nitrogens with one attached hydrogen (secondary N) is 1. The summed E-state index contributed by atoms with van der Waals surface area (Å²) < 4.78 is 5.51. The van der Waals surface area contributed by atoms with E-state index >= 15 is 0 Å². The molecule has 1 N–H and O–H groups in total. The number of carbonyl (C=O) groups is 2. The molecule has 1 fully saturated rings. The summed E-state index contributed by atoms with van der Waals surface area (Å²) in [7, 11) is 1.56. The van der Waals surface area contributed by atoms with Crippen molar-refractivity contribution in [3.05, 3.63) is 46.2 Å². The second-order valence-corrected chi connectivity index (χ2v) is 8.58. The van der Waals surface area contributed by atoms with Crippen molar-refractivity contribution in [2.75, 3.05) is 17.9 Å². The molecule has 1 aliphatic rings. The Morgan fingerprint density at radius 1 is 1.28 bits per heavy atom. The minimum atomic E-state index is -0.793. The number of amides is 2. The molecule has 0 unspecified atom stereocenters. The number of methoxy groups -OCH3 is 1. The minimum Gasteiger partial charge on any atom is -0.495 e. The Labute approximate surface area is 181 Å². The zero-order valence-corrected chi connectivity index (χ0v) is 18.4. The maximum atomic E-state index is 13.4. The fourth-order valence-corrected chi connectivity index (χ4v) is 4.76. The highest BCUT2D eigenvalue weighted by Gasteiger charge is 2.35. The summed E-state index contributed by atoms with van der Waals surface area (Å²) in [5.41, 5.74) is 1.51. The van der Waals surface area contributed by atoms with Crippen LogP contribution in [0.4, 0.5) is 5.69 Å². The number of aryl methyl sites for hydroxylation is 1. The highest BCUT2D eigenvalue weighted by atomic mass is 35.5. The van der Waals surface area contributed by atoms with Gasteiger partial charge in [-0.15, -0.1) is 22.9 Å². The highest BCUT2D eigenvalue weighted by Crippen LogP contribution is 2.37. The number of hydrogen-bond donors (Lipinski definition) is 1. The van der Waals surface area contributed by atoms with Crippen molar-refractivity contribution >= 4 is 40.4 Å². The Morgan fingerprint density at radius 2 is 2.03 bits per heavy atom. The average Bonchev–Trinajstić information content (AvgIpc) is 3.26. The molecule has 0 bridgehead atoms. The van der Waals surface area contributed by atoms with Crippen LogP contribution in [0.3, 0.4) is 0 Å². The summed E-state index contributed by atoms with van der Waals surface area (Å²) in [6.45, 7) is 1.94. The van der Waals surface area contributed by atoms with E-state index in [1.54, 1.807) is 7.11 Å². The average molecular weight is 435 g/mol. The molecule has 0 radical (unpaired) electrons. The van der Waals surface area contributed by atoms with E-state index in [-0.39, 0.29) is 23.7 Å². The molecule has 2 aromatic rings. The van der Waals surface area contributed by atoms with E-state index < -0.39 is 6.04 Å². The van der Waals surface area contributed by atoms with Gasteiger partial charge in [0.2, 0.25) is 11.8 Å². The van der Waals surface area contributed by atoms with Crippen LogP contribution in [0.1, 0.15) is 48.6 Å². The van der Waals surface area contributed by atoms with Crippen molar-refractivity contribution in [3.63, 3.8) is 0 Å². The number of ether oxygens (including phenoxy) is 1. The molecule has 156 valence electrons. The molecule has 1 aliphatic carbocycles. The van der Waals surface area contributed by atoms with Gasteiger partial charge in [-0.1, -0.05) is 31.4 Å². The summed E-state index contributed by atoms with van der Waals surface area (Å²) in [5, 5.41) is 5.09. The number of thiophene rings is 1. The third kappa shape index (κ3) is 5.11. The number of alkyl halides is 1. The molecule has 29 heavy (non-hydrogen) atoms. The monoisotopic (exact) mass is 434 g/mol. The van der Waals surface area contributed by atoms with E-state index in [9.17, 15) is 9.59 Å². The first-order valence-electron chi connectivity index (χ1n) is 9.91. The van der Waals surface area contributed by atoms with E-state index in [4.69, 9.17) is 16.3 Å². The number of carbonyl (C=O) groups excluding carboxylic acids is 2. The Morgan fingerprint density at radius 3 is 2.66 bits per heavy atom. The predicted molar refractivity (Wildman–Crippen MR) is 118 cm³/mol. The highest BCUT2D eigenvalue weighted by molar-refractivity contribution is 7.10. The predicted octanol–water partition coefficient (Wildman–Crippen LogP) is 4.83. The summed E-state index contributed by atoms with van der Waals surface area (Å²) in [6.07, 6.45) is 5.38. The molecule has 7 heteroatoms. The van der Waals surface area contributed by atoms with Crippen molar-refractivity contribution in [1.29, 1.82) is 0 Å². The van der Waals surface area contributed by atoms with Gasteiger partial charge in [0.05, 0.1) is 12.8 Å². The molecule has 1 saturated carbocycles. The molecule has 3 rings (SSSR count). The third-order valence-electron chi connectivity index (χ3n) is 5.25. The lowest BCUT2D eigenvalue weighted by Crippen LogP contribution is -2.47. The van der Waals surface area contributed by atoms with Crippen LogP contribution in [0.25, 0.3) is 0 Å². The van der Waals surface area contributed by atoms with Crippen molar-refractivity contribution in [2.24, 2.45) is 0 Å². The fourth-order valence-electron chi connectivity index (χ4n) is 3.82. The summed E-state index contributed by atoms with van der Waals surface area (Å²) in [5.74, 6) is -0.217. The van der Waals surface area contributed by atoms with Gasteiger partial charge in [-0.3, -0.25) is 14.5 Å². The lowest BCUT2D eigenvalue weighted by molar-refractivity contribution is -0.126. The topological polar surface area (TPSA) is 58.6 Å². The summed E-state index contributed by atoms with van der Waals surface area (Å²) in [4.78, 5) is 28.7. The molecule has 0 saturated heterocycles. The van der Waals surface area contributed by atoms with Gasteiger partial charge in [0.15, 0.2) is 0 Å². The van der Waals surface area contributed by atoms with Gasteiger partial charge < -0.3 is 10.1 Å². The molecule has 1 atom stereocenters. The smallest absolute Gasteiger partial charge is 0.248 e. The van der Waals surface area contributed by atoms with Crippen LogP contribution in [0, 0.1) is 6.92 Å². The molecule has 0 aliphatic heterocycles. The van der Waals surface area contributed by atoms with Crippen molar-refractivity contribution in [3.8, 4) is 5.75 Å². The first kappa shape index (κ1) is 21.7. The zero-order valence-electron chi connectivity index (χ0n) is 16.8. The fraction of sp³-hybridized carbons (Fsp3) is 0.455. The van der Waals surface area contributed by atoms with E-state index in [0.717, 1.165) is 36.1 Å². The van der Waals surface area contributed by atoms with E-state index in [1.807, 2.05) is 42.6 Å². The van der Waals surface area contributed by atoms with Crippen molar-refractivity contribution < 1.29 is 14.3 Å². The Balaban J connectivity index is 2.03. The number of rotatable bonds is 7. The van der Waals surface area contributed by atoms with Gasteiger partial charge in [0.25, 0.3) is 0 Å². The SMILES string of the molecule is COc1ccc(C)cc1N(C(=O)CCl)[C@H](C(=O)NC1CCCCC1)c1cccs1. The first-order chi connectivity index (χ1) is 14.0. The van der Waals surface area contributed by atoms with Crippen LogP contribution in [-0.2, 0) is 9.59 Å². The minimum absolute atomic E-state index is 0.145. The van der Waals surface area contributed by atoms with Crippen LogP contribution in [0.5, 0.6) is 5.75 Å². The number of anilines is 1. The molecule has 0 spiro atoms. The van der Waals surface area contributed by atoms with Crippen LogP contribution >= 0.6 is 22.9 Å². The van der Waals surface area contributed by atoms with Crippen LogP contribution < -0.4 is 15.0 Å². The molecule has 5 nitrogen and oxygen atoms in total. The van der Waals surface area contributed by atoms with Crippen LogP contribution in [0.2, 0.25) is 0 Å². The number of benzene rings is 1. The van der Waals surface area contributed by atoms with Crippen molar-refractivity contribution in [2.45, 2.75) is 51.1 Å². The molecule has 1 heterocycles. The van der Waals surface area contributed by atoms with Crippen molar-refractivity contribution in [1.82, 2.24) is 5.32 Å². The van der Waals surface area contributed by atoms with E-state index in [1.165, 1.54) is 22.7 Å². The van der Waals surface area contributed by atoms with Crippen LogP contribution in [0.15, 0.2) is 35.7 Å². The second-order valence-electron chi connectivity index (χ2n) is 7.33. The summed E-state index contributed by atoms with van der Waals surface area (Å²) in [6, 6.07) is 8.70.